The first-order valence-corrected chi connectivity index (χ1v) is 5.71. The van der Waals surface area contributed by atoms with Crippen LogP contribution in [0.4, 0.5) is 0 Å². The van der Waals surface area contributed by atoms with E-state index in [9.17, 15) is 4.79 Å². The van der Waals surface area contributed by atoms with Gasteiger partial charge in [-0.3, -0.25) is 4.79 Å². The van der Waals surface area contributed by atoms with Crippen LogP contribution in [0.2, 0.25) is 5.15 Å². The molecule has 4 heteroatoms. The smallest absolute Gasteiger partial charge is 0.186 e. The molecule has 0 saturated carbocycles. The number of hydrogen-bond acceptors (Lipinski definition) is 3. The van der Waals surface area contributed by atoms with Crippen molar-refractivity contribution in [2.75, 3.05) is 5.75 Å². The summed E-state index contributed by atoms with van der Waals surface area (Å²) < 4.78 is 0. The molecular weight excluding hydrogens is 230 g/mol. The van der Waals surface area contributed by atoms with Gasteiger partial charge in [-0.25, -0.2) is 4.98 Å². The minimum atomic E-state index is 0.0789. The summed E-state index contributed by atoms with van der Waals surface area (Å²) in [7, 11) is 0. The largest absolute Gasteiger partial charge is 0.288 e. The molecule has 0 radical (unpaired) electrons. The Bertz CT molecular complexity index is 434. The summed E-state index contributed by atoms with van der Waals surface area (Å²) >= 11 is 6.91. The molecule has 1 rings (SSSR count). The van der Waals surface area contributed by atoms with Gasteiger partial charge in [0, 0.05) is 12.5 Å². The van der Waals surface area contributed by atoms with Gasteiger partial charge in [-0.1, -0.05) is 35.2 Å². The summed E-state index contributed by atoms with van der Waals surface area (Å²) in [6.45, 7) is 3.38. The molecule has 15 heavy (non-hydrogen) atoms. The lowest BCUT2D eigenvalue weighted by molar-refractivity contribution is -0.109. The second-order valence-electron chi connectivity index (χ2n) is 2.85. The molecule has 0 N–H and O–H groups in total. The van der Waals surface area contributed by atoms with Gasteiger partial charge in [0.2, 0.25) is 0 Å². The highest BCUT2D eigenvalue weighted by Gasteiger charge is 1.96. The summed E-state index contributed by atoms with van der Waals surface area (Å²) in [5.41, 5.74) is 1.66. The maximum Gasteiger partial charge on any atom is 0.186 e. The average Bonchev–Trinajstić information content (AvgIpc) is 2.14. The molecule has 1 heterocycles. The van der Waals surface area contributed by atoms with Crippen molar-refractivity contribution < 1.29 is 4.79 Å². The van der Waals surface area contributed by atoms with Crippen molar-refractivity contribution in [1.29, 1.82) is 0 Å². The Kier molecular flexibility index (Phi) is 4.67. The Morgan fingerprint density at radius 3 is 2.93 bits per heavy atom. The minimum absolute atomic E-state index is 0.0789. The molecule has 1 aromatic heterocycles. The second kappa shape index (κ2) is 5.79. The Labute approximate surface area is 98.4 Å². The van der Waals surface area contributed by atoms with E-state index < -0.39 is 0 Å². The zero-order valence-electron chi connectivity index (χ0n) is 8.50. The first-order chi connectivity index (χ1) is 7.09. The van der Waals surface area contributed by atoms with Crippen molar-refractivity contribution in [2.24, 2.45) is 0 Å². The number of pyridine rings is 1. The normalized spacial score (nSPS) is 9.27. The fraction of sp³-hybridized carbons (Fsp3) is 0.273. The Balaban J connectivity index is 2.67. The van der Waals surface area contributed by atoms with Crippen LogP contribution < -0.4 is 0 Å². The van der Waals surface area contributed by atoms with Crippen LogP contribution in [-0.4, -0.2) is 15.9 Å². The lowest BCUT2D eigenvalue weighted by atomic mass is 10.2. The molecule has 0 aliphatic heterocycles. The second-order valence-corrected chi connectivity index (χ2v) is 4.39. The molecule has 1 aromatic rings. The molecule has 2 nitrogen and oxygen atoms in total. The molecule has 0 aliphatic rings. The number of carbonyl (C=O) groups is 1. The van der Waals surface area contributed by atoms with E-state index in [1.165, 1.54) is 18.7 Å². The van der Waals surface area contributed by atoms with E-state index in [0.29, 0.717) is 10.9 Å². The van der Waals surface area contributed by atoms with Crippen LogP contribution in [-0.2, 0) is 4.79 Å². The SMILES string of the molecule is CC(=O)SCC#Cc1ccc(Cl)nc1C. The van der Waals surface area contributed by atoms with E-state index in [1.54, 1.807) is 6.07 Å². The molecule has 0 aliphatic carbocycles. The Hall–Kier alpha value is -0.980. The third-order valence-corrected chi connectivity index (χ3v) is 2.53. The van der Waals surface area contributed by atoms with Gasteiger partial charge in [0.25, 0.3) is 0 Å². The number of nitrogens with zero attached hydrogens (tertiary/aromatic N) is 1. The fourth-order valence-corrected chi connectivity index (χ4v) is 1.47. The van der Waals surface area contributed by atoms with Gasteiger partial charge in [0.15, 0.2) is 5.12 Å². The molecule has 0 atom stereocenters. The number of carbonyl (C=O) groups excluding carboxylic acids is 1. The molecule has 0 bridgehead atoms. The predicted octanol–water partition coefficient (Wildman–Crippen LogP) is 2.67. The summed E-state index contributed by atoms with van der Waals surface area (Å²) in [5, 5.41) is 0.548. The van der Waals surface area contributed by atoms with Crippen molar-refractivity contribution in [3.8, 4) is 11.8 Å². The van der Waals surface area contributed by atoms with Crippen LogP contribution in [0.1, 0.15) is 18.2 Å². The third kappa shape index (κ3) is 4.37. The molecule has 78 valence electrons. The quantitative estimate of drug-likeness (QED) is 0.558. The van der Waals surface area contributed by atoms with E-state index in [-0.39, 0.29) is 5.12 Å². The molecule has 0 unspecified atom stereocenters. The molecule has 0 fully saturated rings. The summed E-state index contributed by atoms with van der Waals surface area (Å²) in [6, 6.07) is 3.53. The number of halogens is 1. The lowest BCUT2D eigenvalue weighted by Crippen LogP contribution is -1.88. The lowest BCUT2D eigenvalue weighted by Gasteiger charge is -1.96. The maximum absolute atomic E-state index is 10.6. The van der Waals surface area contributed by atoms with Crippen molar-refractivity contribution in [1.82, 2.24) is 4.98 Å². The molecule has 0 saturated heterocycles. The molecule has 0 aromatic carbocycles. The number of hydrogen-bond donors (Lipinski definition) is 0. The fourth-order valence-electron chi connectivity index (χ4n) is 0.932. The third-order valence-electron chi connectivity index (χ3n) is 1.62. The standard InChI is InChI=1S/C11H10ClNOS/c1-8-10(5-6-11(12)13-8)4-3-7-15-9(2)14/h5-6H,7H2,1-2H3. The number of rotatable bonds is 1. The number of aromatic nitrogens is 1. The van der Waals surface area contributed by atoms with E-state index in [0.717, 1.165) is 11.3 Å². The van der Waals surface area contributed by atoms with E-state index >= 15 is 0 Å². The van der Waals surface area contributed by atoms with Crippen LogP contribution in [0.5, 0.6) is 0 Å². The first kappa shape index (κ1) is 12.1. The number of aryl methyl sites for hydroxylation is 1. The zero-order valence-corrected chi connectivity index (χ0v) is 10.1. The highest BCUT2D eigenvalue weighted by atomic mass is 35.5. The molecule has 0 amide bonds. The van der Waals surface area contributed by atoms with Gasteiger partial charge in [-0.05, 0) is 19.1 Å². The van der Waals surface area contributed by atoms with Crippen molar-refractivity contribution >= 4 is 28.5 Å². The highest BCUT2D eigenvalue weighted by molar-refractivity contribution is 8.13. The molecular formula is C11H10ClNOS. The van der Waals surface area contributed by atoms with Crippen molar-refractivity contribution in [3.05, 3.63) is 28.5 Å². The van der Waals surface area contributed by atoms with Gasteiger partial charge in [0.1, 0.15) is 5.15 Å². The minimum Gasteiger partial charge on any atom is -0.288 e. The summed E-state index contributed by atoms with van der Waals surface area (Å²) in [5.74, 6) is 6.36. The van der Waals surface area contributed by atoms with E-state index in [1.807, 2.05) is 13.0 Å². The zero-order chi connectivity index (χ0) is 11.3. The topological polar surface area (TPSA) is 30.0 Å². The van der Waals surface area contributed by atoms with Gasteiger partial charge < -0.3 is 0 Å². The van der Waals surface area contributed by atoms with Crippen LogP contribution in [0.3, 0.4) is 0 Å². The summed E-state index contributed by atoms with van der Waals surface area (Å²) in [6.07, 6.45) is 0. The van der Waals surface area contributed by atoms with Crippen molar-refractivity contribution in [2.45, 2.75) is 13.8 Å². The monoisotopic (exact) mass is 239 g/mol. The average molecular weight is 240 g/mol. The molecule has 0 spiro atoms. The van der Waals surface area contributed by atoms with Gasteiger partial charge in [-0.15, -0.1) is 0 Å². The van der Waals surface area contributed by atoms with Crippen LogP contribution in [0, 0.1) is 18.8 Å². The highest BCUT2D eigenvalue weighted by Crippen LogP contribution is 2.09. The predicted molar refractivity (Wildman–Crippen MR) is 64.0 cm³/mol. The van der Waals surface area contributed by atoms with Crippen LogP contribution >= 0.6 is 23.4 Å². The first-order valence-electron chi connectivity index (χ1n) is 4.35. The Morgan fingerprint density at radius 1 is 1.60 bits per heavy atom. The van der Waals surface area contributed by atoms with Gasteiger partial charge >= 0.3 is 0 Å². The van der Waals surface area contributed by atoms with Crippen LogP contribution in [0.25, 0.3) is 0 Å². The maximum atomic E-state index is 10.6. The van der Waals surface area contributed by atoms with E-state index in [2.05, 4.69) is 16.8 Å². The Morgan fingerprint density at radius 2 is 2.33 bits per heavy atom. The number of thioether (sulfide) groups is 1. The van der Waals surface area contributed by atoms with Gasteiger partial charge in [-0.2, -0.15) is 0 Å². The van der Waals surface area contributed by atoms with Gasteiger partial charge in [0.05, 0.1) is 11.4 Å². The van der Waals surface area contributed by atoms with Crippen molar-refractivity contribution in [3.63, 3.8) is 0 Å². The summed E-state index contributed by atoms with van der Waals surface area (Å²) in [4.78, 5) is 14.7. The van der Waals surface area contributed by atoms with Crippen LogP contribution in [0.15, 0.2) is 12.1 Å². The van der Waals surface area contributed by atoms with E-state index in [4.69, 9.17) is 11.6 Å².